The first kappa shape index (κ1) is 31.0. The molecule has 4 aliphatic rings. The highest BCUT2D eigenvalue weighted by Crippen LogP contribution is 2.61. The maximum Gasteiger partial charge on any atom is 0.240 e. The van der Waals surface area contributed by atoms with Crippen molar-refractivity contribution in [2.45, 2.75) is 71.4 Å². The molecular weight excluding hydrogens is 528 g/mol. The summed E-state index contributed by atoms with van der Waals surface area (Å²) in [5.41, 5.74) is 4.60. The zero-order chi connectivity index (χ0) is 30.2. The van der Waals surface area contributed by atoms with E-state index in [0.717, 1.165) is 41.9 Å². The summed E-state index contributed by atoms with van der Waals surface area (Å²) in [6.45, 7) is 10.6. The summed E-state index contributed by atoms with van der Waals surface area (Å²) >= 11 is 0. The van der Waals surface area contributed by atoms with E-state index >= 15 is 0 Å². The Morgan fingerprint density at radius 1 is 1.14 bits per heavy atom. The lowest BCUT2D eigenvalue weighted by Gasteiger charge is -2.62. The number of fused-ring (bicyclic) bond motifs is 2. The molecule has 8 heteroatoms. The van der Waals surface area contributed by atoms with Gasteiger partial charge in [-0.25, -0.2) is 0 Å². The van der Waals surface area contributed by atoms with Gasteiger partial charge in [0.05, 0.1) is 19.3 Å². The van der Waals surface area contributed by atoms with Crippen LogP contribution in [-0.4, -0.2) is 84.2 Å². The molecule has 2 aromatic rings. The van der Waals surface area contributed by atoms with Crippen LogP contribution in [0, 0.1) is 29.1 Å². The lowest BCUT2D eigenvalue weighted by atomic mass is 9.45. The first-order chi connectivity index (χ1) is 20.0. The standard InChI is InChI=1S/C34H50N4O4/c1-21-28-17-26(34(28,3)4)18-29(21)36-33(41)32-31(22(2)40)30(20-39)42-38(32)19-23-8-7-9-25(16-23)24-10-12-27(13-11-24)35-14-15-37(5)6/h7-13,16,21-22,26,28-32,35,39-40H,14-15,17-20H2,1-6H3,(H,36,41)/t21?,22?,26-,28+,29-,30?,31+,32-/m0/s1. The van der Waals surface area contributed by atoms with E-state index in [-0.39, 0.29) is 18.6 Å². The van der Waals surface area contributed by atoms with Crippen LogP contribution >= 0.6 is 0 Å². The van der Waals surface area contributed by atoms with Crippen molar-refractivity contribution in [3.05, 3.63) is 54.1 Å². The molecule has 1 saturated heterocycles. The maximum absolute atomic E-state index is 13.9. The van der Waals surface area contributed by atoms with Crippen LogP contribution in [0.5, 0.6) is 0 Å². The number of nitrogens with one attached hydrogen (secondary N) is 2. The van der Waals surface area contributed by atoms with Gasteiger partial charge in [0.2, 0.25) is 5.91 Å². The highest BCUT2D eigenvalue weighted by molar-refractivity contribution is 5.83. The maximum atomic E-state index is 13.9. The van der Waals surface area contributed by atoms with Gasteiger partial charge in [0.1, 0.15) is 12.1 Å². The van der Waals surface area contributed by atoms with E-state index in [2.05, 4.69) is 86.8 Å². The summed E-state index contributed by atoms with van der Waals surface area (Å²) in [6, 6.07) is 16.1. The average molecular weight is 579 g/mol. The number of nitrogens with zero attached hydrogens (tertiary/aromatic N) is 2. The molecule has 4 fully saturated rings. The third-order valence-corrected chi connectivity index (χ3v) is 10.4. The molecule has 2 aromatic carbocycles. The Hall–Kier alpha value is -2.49. The zero-order valence-corrected chi connectivity index (χ0v) is 26.1. The van der Waals surface area contributed by atoms with Crippen LogP contribution in [-0.2, 0) is 16.2 Å². The molecule has 2 bridgehead atoms. The molecule has 3 aliphatic carbocycles. The lowest BCUT2D eigenvalue weighted by molar-refractivity contribution is -0.183. The molecule has 230 valence electrons. The number of anilines is 1. The van der Waals surface area contributed by atoms with Crippen LogP contribution in [0.15, 0.2) is 48.5 Å². The van der Waals surface area contributed by atoms with Crippen molar-refractivity contribution in [1.29, 1.82) is 0 Å². The second-order valence-corrected chi connectivity index (χ2v) is 13.7. The Labute approximate surface area is 251 Å². The fourth-order valence-electron chi connectivity index (χ4n) is 7.72. The molecule has 4 N–H and O–H groups in total. The second-order valence-electron chi connectivity index (χ2n) is 13.7. The average Bonchev–Trinajstić information content (AvgIpc) is 3.32. The predicted octanol–water partition coefficient (Wildman–Crippen LogP) is 3.99. The molecule has 0 radical (unpaired) electrons. The fraction of sp³-hybridized carbons (Fsp3) is 0.618. The minimum atomic E-state index is -0.810. The van der Waals surface area contributed by atoms with Crippen LogP contribution in [0.2, 0.25) is 0 Å². The van der Waals surface area contributed by atoms with E-state index in [1.165, 1.54) is 6.42 Å². The monoisotopic (exact) mass is 578 g/mol. The summed E-state index contributed by atoms with van der Waals surface area (Å²) < 4.78 is 0. The first-order valence-electron chi connectivity index (χ1n) is 15.6. The van der Waals surface area contributed by atoms with Gasteiger partial charge in [0.15, 0.2) is 0 Å². The largest absolute Gasteiger partial charge is 0.394 e. The molecule has 1 amide bonds. The summed E-state index contributed by atoms with van der Waals surface area (Å²) in [5.74, 6) is 0.982. The van der Waals surface area contributed by atoms with Crippen LogP contribution in [0.3, 0.4) is 0 Å². The van der Waals surface area contributed by atoms with Gasteiger partial charge in [-0.3, -0.25) is 9.63 Å². The fourth-order valence-corrected chi connectivity index (χ4v) is 7.72. The Bertz CT molecular complexity index is 1220. The van der Waals surface area contributed by atoms with Crippen LogP contribution in [0.4, 0.5) is 5.69 Å². The van der Waals surface area contributed by atoms with Crippen molar-refractivity contribution in [2.24, 2.45) is 29.1 Å². The Morgan fingerprint density at radius 3 is 2.50 bits per heavy atom. The number of hydrogen-bond donors (Lipinski definition) is 4. The number of aliphatic hydroxyl groups is 2. The van der Waals surface area contributed by atoms with Gasteiger partial charge in [0.25, 0.3) is 0 Å². The molecule has 42 heavy (non-hydrogen) atoms. The van der Waals surface area contributed by atoms with Crippen LogP contribution < -0.4 is 10.6 Å². The third kappa shape index (κ3) is 6.24. The molecule has 3 unspecified atom stereocenters. The van der Waals surface area contributed by atoms with Gasteiger partial charge in [-0.05, 0) is 91.9 Å². The number of hydrogen-bond acceptors (Lipinski definition) is 7. The van der Waals surface area contributed by atoms with Gasteiger partial charge < -0.3 is 25.7 Å². The topological polar surface area (TPSA) is 97.3 Å². The summed E-state index contributed by atoms with van der Waals surface area (Å²) in [6.07, 6.45) is 0.773. The summed E-state index contributed by atoms with van der Waals surface area (Å²) in [7, 11) is 4.13. The van der Waals surface area contributed by atoms with Gasteiger partial charge in [-0.1, -0.05) is 51.1 Å². The van der Waals surface area contributed by atoms with Crippen molar-refractivity contribution >= 4 is 11.6 Å². The number of aliphatic hydroxyl groups excluding tert-OH is 2. The molecule has 1 aliphatic heterocycles. The molecule has 1 heterocycles. The number of amides is 1. The van der Waals surface area contributed by atoms with Crippen molar-refractivity contribution < 1.29 is 19.8 Å². The van der Waals surface area contributed by atoms with E-state index < -0.39 is 24.2 Å². The van der Waals surface area contributed by atoms with E-state index in [9.17, 15) is 15.0 Å². The third-order valence-electron chi connectivity index (χ3n) is 10.4. The number of rotatable bonds is 11. The molecule has 3 saturated carbocycles. The highest BCUT2D eigenvalue weighted by Gasteiger charge is 2.57. The molecule has 8 atom stereocenters. The summed E-state index contributed by atoms with van der Waals surface area (Å²) in [4.78, 5) is 22.2. The zero-order valence-electron chi connectivity index (χ0n) is 26.1. The number of benzene rings is 2. The Kier molecular flexibility index (Phi) is 9.30. The number of likely N-dealkylation sites (N-methyl/N-ethyl adjacent to an activating group) is 1. The van der Waals surface area contributed by atoms with E-state index in [4.69, 9.17) is 4.84 Å². The number of hydroxylamine groups is 2. The molecule has 8 nitrogen and oxygen atoms in total. The van der Waals surface area contributed by atoms with Crippen molar-refractivity contribution in [3.63, 3.8) is 0 Å². The van der Waals surface area contributed by atoms with Crippen molar-refractivity contribution in [2.75, 3.05) is 39.1 Å². The number of carbonyl (C=O) groups excluding carboxylic acids is 1. The van der Waals surface area contributed by atoms with Gasteiger partial charge in [0, 0.05) is 30.7 Å². The minimum Gasteiger partial charge on any atom is -0.394 e. The van der Waals surface area contributed by atoms with Gasteiger partial charge in [-0.2, -0.15) is 5.06 Å². The van der Waals surface area contributed by atoms with Crippen LogP contribution in [0.25, 0.3) is 11.1 Å². The quantitative estimate of drug-likeness (QED) is 0.320. The smallest absolute Gasteiger partial charge is 0.240 e. The normalized spacial score (nSPS) is 31.0. The SMILES string of the molecule is CC(O)[C@@H]1C(CO)ON(Cc2cccc(-c3ccc(NCCN(C)C)cc3)c2)[C@@H]1C(=O)N[C@H]1C[C@@H]2C[C@H](C1C)C2(C)C. The molecular formula is C34H50N4O4. The van der Waals surface area contributed by atoms with Gasteiger partial charge in [-0.15, -0.1) is 0 Å². The Balaban J connectivity index is 1.30. The first-order valence-corrected chi connectivity index (χ1v) is 15.6. The minimum absolute atomic E-state index is 0.114. The van der Waals surface area contributed by atoms with E-state index in [0.29, 0.717) is 29.7 Å². The van der Waals surface area contributed by atoms with E-state index in [1.807, 2.05) is 12.1 Å². The van der Waals surface area contributed by atoms with Gasteiger partial charge >= 0.3 is 0 Å². The molecule has 0 aromatic heterocycles. The number of carbonyl (C=O) groups is 1. The molecule has 0 spiro atoms. The predicted molar refractivity (Wildman–Crippen MR) is 166 cm³/mol. The Morgan fingerprint density at radius 2 is 1.88 bits per heavy atom. The van der Waals surface area contributed by atoms with Crippen LogP contribution in [0.1, 0.15) is 46.1 Å². The van der Waals surface area contributed by atoms with E-state index in [1.54, 1.807) is 12.0 Å². The summed E-state index contributed by atoms with van der Waals surface area (Å²) in [5, 5.41) is 29.3. The second kappa shape index (κ2) is 12.6. The highest BCUT2D eigenvalue weighted by atomic mass is 16.7. The van der Waals surface area contributed by atoms with Crippen molar-refractivity contribution in [1.82, 2.24) is 15.3 Å². The lowest BCUT2D eigenvalue weighted by Crippen LogP contribution is -2.62. The molecule has 6 rings (SSSR count). The van der Waals surface area contributed by atoms with Crippen molar-refractivity contribution in [3.8, 4) is 11.1 Å².